The molecule has 1 aromatic carbocycles. The van der Waals surface area contributed by atoms with Crippen molar-refractivity contribution in [1.29, 1.82) is 5.41 Å². The summed E-state index contributed by atoms with van der Waals surface area (Å²) in [7, 11) is 0. The molecule has 0 bridgehead atoms. The lowest BCUT2D eigenvalue weighted by atomic mass is 10.2. The van der Waals surface area contributed by atoms with E-state index < -0.39 is 11.8 Å². The fraction of sp³-hybridized carbons (Fsp3) is 0.190. The minimum Gasteiger partial charge on any atom is -0.463 e. The number of aryl methyl sites for hydroxylation is 1. The minimum absolute atomic E-state index is 0. The van der Waals surface area contributed by atoms with Gasteiger partial charge in [-0.1, -0.05) is 19.0 Å². The van der Waals surface area contributed by atoms with Crippen molar-refractivity contribution in [2.75, 3.05) is 28.7 Å². The van der Waals surface area contributed by atoms with Gasteiger partial charge in [-0.3, -0.25) is 19.9 Å². The van der Waals surface area contributed by atoms with Gasteiger partial charge in [0.25, 0.3) is 17.8 Å². The number of ether oxygens (including phenoxy) is 1. The smallest absolute Gasteiger partial charge is 0.289 e. The first kappa shape index (κ1) is 23.2. The number of rotatable bonds is 5. The lowest BCUT2D eigenvalue weighted by Crippen LogP contribution is -2.24. The van der Waals surface area contributed by atoms with Gasteiger partial charge in [-0.15, -0.1) is 11.3 Å². The molecule has 32 heavy (non-hydrogen) atoms. The number of thiophene rings is 1. The number of nitrogens with one attached hydrogen (secondary N) is 3. The molecule has 2 amide bonds. The Kier molecular flexibility index (Phi) is 7.06. The highest BCUT2D eigenvalue weighted by Gasteiger charge is 2.21. The first-order valence-corrected chi connectivity index (χ1v) is 10.4. The standard InChI is InChI=1S/C20H17ClN6O3S.CH4/c1-11-23-10-14(17(24-11)26-19(29)15-6-7-16(21)31-15)18(28)25-12-2-4-13(5-3-12)27-8-9-30-20(27)22;/h2-7,10,22H,8-9H2,1H3,(H,25,28)(H,23,24,26,29);1H4. The highest BCUT2D eigenvalue weighted by molar-refractivity contribution is 7.18. The number of carbonyl (C=O) groups excluding carboxylic acids is 2. The normalized spacial score (nSPS) is 12.7. The summed E-state index contributed by atoms with van der Waals surface area (Å²) in [5.74, 6) is -0.359. The van der Waals surface area contributed by atoms with Gasteiger partial charge in [-0.2, -0.15) is 0 Å². The van der Waals surface area contributed by atoms with Crippen molar-refractivity contribution in [2.45, 2.75) is 14.4 Å². The van der Waals surface area contributed by atoms with Gasteiger partial charge in [-0.25, -0.2) is 9.97 Å². The predicted molar refractivity (Wildman–Crippen MR) is 126 cm³/mol. The SMILES string of the molecule is C.Cc1ncc(C(=O)Nc2ccc(N3CCOC3=N)cc2)c(NC(=O)c2ccc(Cl)s2)n1. The maximum atomic E-state index is 12.8. The predicted octanol–water partition coefficient (Wildman–Crippen LogP) is 4.41. The Morgan fingerprint density at radius 2 is 1.91 bits per heavy atom. The van der Waals surface area contributed by atoms with Crippen LogP contribution in [0.3, 0.4) is 0 Å². The molecule has 166 valence electrons. The summed E-state index contributed by atoms with van der Waals surface area (Å²) < 4.78 is 5.63. The first-order valence-electron chi connectivity index (χ1n) is 9.21. The monoisotopic (exact) mass is 472 g/mol. The van der Waals surface area contributed by atoms with E-state index in [1.165, 1.54) is 6.20 Å². The van der Waals surface area contributed by atoms with E-state index in [0.29, 0.717) is 33.9 Å². The molecule has 9 nitrogen and oxygen atoms in total. The maximum Gasteiger partial charge on any atom is 0.289 e. The average molecular weight is 473 g/mol. The van der Waals surface area contributed by atoms with Crippen molar-refractivity contribution in [1.82, 2.24) is 9.97 Å². The molecule has 0 unspecified atom stereocenters. The molecular weight excluding hydrogens is 452 g/mol. The van der Waals surface area contributed by atoms with Gasteiger partial charge in [0, 0.05) is 17.6 Å². The quantitative estimate of drug-likeness (QED) is 0.505. The molecule has 1 saturated heterocycles. The fourth-order valence-corrected chi connectivity index (χ4v) is 3.86. The Balaban J connectivity index is 0.00000289. The van der Waals surface area contributed by atoms with Crippen molar-refractivity contribution < 1.29 is 14.3 Å². The third-order valence-electron chi connectivity index (χ3n) is 4.42. The molecule has 0 atom stereocenters. The molecule has 0 radical (unpaired) electrons. The Morgan fingerprint density at radius 3 is 2.53 bits per heavy atom. The van der Waals surface area contributed by atoms with Gasteiger partial charge in [0.05, 0.1) is 15.8 Å². The van der Waals surface area contributed by atoms with Crippen LogP contribution in [0.25, 0.3) is 0 Å². The summed E-state index contributed by atoms with van der Waals surface area (Å²) in [4.78, 5) is 35.7. The highest BCUT2D eigenvalue weighted by Crippen LogP contribution is 2.24. The number of hydrogen-bond acceptors (Lipinski definition) is 7. The molecule has 11 heteroatoms. The van der Waals surface area contributed by atoms with E-state index in [4.69, 9.17) is 21.7 Å². The van der Waals surface area contributed by atoms with Crippen LogP contribution in [0, 0.1) is 12.3 Å². The van der Waals surface area contributed by atoms with Gasteiger partial charge < -0.3 is 15.4 Å². The molecule has 2 aromatic heterocycles. The molecule has 1 aliphatic rings. The number of amidine groups is 1. The molecule has 3 aromatic rings. The maximum absolute atomic E-state index is 12.8. The minimum atomic E-state index is -0.468. The lowest BCUT2D eigenvalue weighted by molar-refractivity contribution is 0.102. The number of nitrogens with zero attached hydrogens (tertiary/aromatic N) is 3. The Bertz CT molecular complexity index is 1160. The second-order valence-electron chi connectivity index (χ2n) is 6.54. The van der Waals surface area contributed by atoms with E-state index in [1.807, 2.05) is 0 Å². The zero-order valence-corrected chi connectivity index (χ0v) is 17.9. The average Bonchev–Trinajstić information content (AvgIpc) is 3.37. The van der Waals surface area contributed by atoms with E-state index in [-0.39, 0.29) is 24.8 Å². The third-order valence-corrected chi connectivity index (χ3v) is 5.65. The van der Waals surface area contributed by atoms with Crippen LogP contribution in [-0.2, 0) is 4.74 Å². The number of amides is 2. The summed E-state index contributed by atoms with van der Waals surface area (Å²) in [5, 5.41) is 13.2. The van der Waals surface area contributed by atoms with Crippen LogP contribution < -0.4 is 15.5 Å². The molecule has 1 fully saturated rings. The van der Waals surface area contributed by atoms with Crippen LogP contribution in [-0.4, -0.2) is 41.0 Å². The topological polar surface area (TPSA) is 120 Å². The van der Waals surface area contributed by atoms with Crippen LogP contribution >= 0.6 is 22.9 Å². The molecule has 0 aliphatic carbocycles. The van der Waals surface area contributed by atoms with Gasteiger partial charge >= 0.3 is 0 Å². The number of anilines is 3. The Morgan fingerprint density at radius 1 is 1.16 bits per heavy atom. The number of halogens is 1. The van der Waals surface area contributed by atoms with Crippen LogP contribution in [0.15, 0.2) is 42.6 Å². The van der Waals surface area contributed by atoms with Crippen molar-refractivity contribution in [3.05, 3.63) is 63.2 Å². The summed E-state index contributed by atoms with van der Waals surface area (Å²) in [6, 6.07) is 10.3. The molecule has 4 rings (SSSR count). The number of benzene rings is 1. The second-order valence-corrected chi connectivity index (χ2v) is 8.26. The number of hydrogen-bond donors (Lipinski definition) is 3. The summed E-state index contributed by atoms with van der Waals surface area (Å²) in [5.41, 5.74) is 1.46. The van der Waals surface area contributed by atoms with Gasteiger partial charge in [0.15, 0.2) is 0 Å². The van der Waals surface area contributed by atoms with Crippen molar-refractivity contribution in [3.8, 4) is 0 Å². The molecule has 3 heterocycles. The zero-order chi connectivity index (χ0) is 22.0. The van der Waals surface area contributed by atoms with E-state index in [2.05, 4.69) is 20.6 Å². The van der Waals surface area contributed by atoms with E-state index in [9.17, 15) is 9.59 Å². The van der Waals surface area contributed by atoms with Crippen LogP contribution in [0.1, 0.15) is 33.3 Å². The van der Waals surface area contributed by atoms with Crippen LogP contribution in [0.5, 0.6) is 0 Å². The molecule has 1 aliphatic heterocycles. The van der Waals surface area contributed by atoms with Gasteiger partial charge in [0.1, 0.15) is 23.8 Å². The molecule has 0 spiro atoms. The van der Waals surface area contributed by atoms with Gasteiger partial charge in [-0.05, 0) is 43.3 Å². The molecule has 0 saturated carbocycles. The first-order chi connectivity index (χ1) is 14.9. The van der Waals surface area contributed by atoms with Crippen molar-refractivity contribution in [2.24, 2.45) is 0 Å². The highest BCUT2D eigenvalue weighted by atomic mass is 35.5. The largest absolute Gasteiger partial charge is 0.463 e. The van der Waals surface area contributed by atoms with E-state index in [0.717, 1.165) is 17.0 Å². The van der Waals surface area contributed by atoms with Crippen molar-refractivity contribution >= 4 is 58.0 Å². The lowest BCUT2D eigenvalue weighted by Gasteiger charge is -2.15. The van der Waals surface area contributed by atoms with Crippen LogP contribution in [0.4, 0.5) is 17.2 Å². The fourth-order valence-electron chi connectivity index (χ4n) is 2.92. The number of carbonyl (C=O) groups is 2. The Hall–Kier alpha value is -3.50. The van der Waals surface area contributed by atoms with Gasteiger partial charge in [0.2, 0.25) is 0 Å². The van der Waals surface area contributed by atoms with Crippen molar-refractivity contribution in [3.63, 3.8) is 0 Å². The van der Waals surface area contributed by atoms with E-state index >= 15 is 0 Å². The summed E-state index contributed by atoms with van der Waals surface area (Å²) in [6.07, 6.45) is 1.37. The molecule has 3 N–H and O–H groups in total. The third kappa shape index (κ3) is 5.04. The number of aromatic nitrogens is 2. The summed E-state index contributed by atoms with van der Waals surface area (Å²) >= 11 is 7.02. The van der Waals surface area contributed by atoms with Crippen LogP contribution in [0.2, 0.25) is 4.34 Å². The summed E-state index contributed by atoms with van der Waals surface area (Å²) in [6.45, 7) is 2.73. The Labute approximate surface area is 193 Å². The molecular formula is C21H21ClN6O3S. The zero-order valence-electron chi connectivity index (χ0n) is 16.3. The second kappa shape index (κ2) is 9.75. The van der Waals surface area contributed by atoms with E-state index in [1.54, 1.807) is 48.2 Å².